The molecule has 0 N–H and O–H groups in total. The normalized spacial score (nSPS) is 14.9. The highest BCUT2D eigenvalue weighted by molar-refractivity contribution is 5.86. The van der Waals surface area contributed by atoms with E-state index >= 15 is 0 Å². The molecule has 3 aromatic rings. The van der Waals surface area contributed by atoms with Crippen molar-refractivity contribution in [3.8, 4) is 22.4 Å². The molecule has 0 spiro atoms. The lowest BCUT2D eigenvalue weighted by molar-refractivity contribution is 0.686. The van der Waals surface area contributed by atoms with Crippen molar-refractivity contribution in [2.24, 2.45) is 0 Å². The maximum absolute atomic E-state index is 4.83. The third kappa shape index (κ3) is 2.02. The van der Waals surface area contributed by atoms with Crippen LogP contribution in [-0.2, 0) is 19.3 Å². The number of hydrogen-bond acceptors (Lipinski definition) is 2. The van der Waals surface area contributed by atoms with Crippen molar-refractivity contribution in [2.75, 3.05) is 0 Å². The van der Waals surface area contributed by atoms with E-state index in [2.05, 4.69) is 42.2 Å². The van der Waals surface area contributed by atoms with Gasteiger partial charge in [-0.25, -0.2) is 0 Å². The molecule has 0 fully saturated rings. The van der Waals surface area contributed by atoms with Crippen LogP contribution in [0.1, 0.15) is 40.9 Å². The van der Waals surface area contributed by atoms with Gasteiger partial charge in [0, 0.05) is 29.4 Å². The lowest BCUT2D eigenvalue weighted by atomic mass is 9.83. The Bertz CT molecular complexity index is 942. The highest BCUT2D eigenvalue weighted by Crippen LogP contribution is 2.45. The van der Waals surface area contributed by atoms with Gasteiger partial charge in [0.1, 0.15) is 0 Å². The first-order valence-electron chi connectivity index (χ1n) is 8.87. The molecular formula is C22H20N2. The molecule has 0 saturated heterocycles. The third-order valence-electron chi connectivity index (χ3n) is 5.43. The fourth-order valence-electron chi connectivity index (χ4n) is 4.35. The maximum atomic E-state index is 4.83. The van der Waals surface area contributed by atoms with Crippen LogP contribution >= 0.6 is 0 Å². The van der Waals surface area contributed by atoms with E-state index < -0.39 is 0 Å². The summed E-state index contributed by atoms with van der Waals surface area (Å²) in [6, 6.07) is 13.0. The molecule has 0 saturated carbocycles. The SMILES string of the molecule is Cc1ccc2c(n1)Cc1c(-c3ccccn3)cc3c(c1-2)CCCC3. The Morgan fingerprint density at radius 3 is 2.71 bits per heavy atom. The van der Waals surface area contributed by atoms with Gasteiger partial charge in [-0.2, -0.15) is 0 Å². The van der Waals surface area contributed by atoms with Crippen LogP contribution in [0.5, 0.6) is 0 Å². The van der Waals surface area contributed by atoms with E-state index in [-0.39, 0.29) is 0 Å². The molecule has 0 radical (unpaired) electrons. The molecule has 2 nitrogen and oxygen atoms in total. The van der Waals surface area contributed by atoms with E-state index in [9.17, 15) is 0 Å². The Morgan fingerprint density at radius 1 is 0.917 bits per heavy atom. The Kier molecular flexibility index (Phi) is 3.05. The second-order valence-electron chi connectivity index (χ2n) is 6.96. The van der Waals surface area contributed by atoms with E-state index in [0.717, 1.165) is 17.8 Å². The zero-order valence-corrected chi connectivity index (χ0v) is 14.0. The molecule has 2 heterocycles. The molecular weight excluding hydrogens is 292 g/mol. The predicted octanol–water partition coefficient (Wildman–Crippen LogP) is 4.90. The topological polar surface area (TPSA) is 25.8 Å². The minimum absolute atomic E-state index is 0.936. The fourth-order valence-corrected chi connectivity index (χ4v) is 4.35. The van der Waals surface area contributed by atoms with Crippen LogP contribution in [0.4, 0.5) is 0 Å². The van der Waals surface area contributed by atoms with Crippen molar-refractivity contribution in [3.63, 3.8) is 0 Å². The number of aromatic nitrogens is 2. The van der Waals surface area contributed by atoms with E-state index in [4.69, 9.17) is 4.98 Å². The number of benzene rings is 1. The number of fused-ring (bicyclic) bond motifs is 5. The van der Waals surface area contributed by atoms with Crippen molar-refractivity contribution in [1.29, 1.82) is 0 Å². The van der Waals surface area contributed by atoms with Crippen LogP contribution in [0.2, 0.25) is 0 Å². The van der Waals surface area contributed by atoms with Gasteiger partial charge in [0.05, 0.1) is 11.4 Å². The molecule has 0 amide bonds. The van der Waals surface area contributed by atoms with Gasteiger partial charge in [-0.15, -0.1) is 0 Å². The van der Waals surface area contributed by atoms with Gasteiger partial charge >= 0.3 is 0 Å². The van der Waals surface area contributed by atoms with E-state index in [1.807, 2.05) is 12.3 Å². The molecule has 24 heavy (non-hydrogen) atoms. The second-order valence-corrected chi connectivity index (χ2v) is 6.96. The summed E-state index contributed by atoms with van der Waals surface area (Å²) >= 11 is 0. The molecule has 2 heteroatoms. The zero-order chi connectivity index (χ0) is 16.1. The molecule has 5 rings (SSSR count). The molecule has 1 aromatic carbocycles. The van der Waals surface area contributed by atoms with E-state index in [1.165, 1.54) is 59.2 Å². The summed E-state index contributed by atoms with van der Waals surface area (Å²) in [4.78, 5) is 9.47. The predicted molar refractivity (Wildman–Crippen MR) is 97.1 cm³/mol. The maximum Gasteiger partial charge on any atom is 0.0705 e. The van der Waals surface area contributed by atoms with Gasteiger partial charge in [-0.1, -0.05) is 12.1 Å². The first-order valence-corrected chi connectivity index (χ1v) is 8.87. The minimum atomic E-state index is 0.936. The van der Waals surface area contributed by atoms with Gasteiger partial charge in [-0.05, 0) is 79.1 Å². The number of pyridine rings is 2. The summed E-state index contributed by atoms with van der Waals surface area (Å²) in [7, 11) is 0. The van der Waals surface area contributed by atoms with Crippen LogP contribution in [0.3, 0.4) is 0 Å². The van der Waals surface area contributed by atoms with E-state index in [1.54, 1.807) is 5.56 Å². The number of nitrogens with zero attached hydrogens (tertiary/aromatic N) is 2. The van der Waals surface area contributed by atoms with Crippen molar-refractivity contribution < 1.29 is 0 Å². The van der Waals surface area contributed by atoms with Crippen LogP contribution in [0.25, 0.3) is 22.4 Å². The third-order valence-corrected chi connectivity index (χ3v) is 5.43. The van der Waals surface area contributed by atoms with Crippen LogP contribution in [-0.4, -0.2) is 9.97 Å². The van der Waals surface area contributed by atoms with E-state index in [0.29, 0.717) is 0 Å². The highest BCUT2D eigenvalue weighted by Gasteiger charge is 2.29. The average molecular weight is 312 g/mol. The quantitative estimate of drug-likeness (QED) is 0.499. The number of rotatable bonds is 1. The molecule has 0 atom stereocenters. The molecule has 2 aromatic heterocycles. The van der Waals surface area contributed by atoms with Crippen LogP contribution in [0.15, 0.2) is 42.6 Å². The molecule has 0 unspecified atom stereocenters. The first-order chi connectivity index (χ1) is 11.8. The molecule has 0 bridgehead atoms. The second kappa shape index (κ2) is 5.27. The minimum Gasteiger partial charge on any atom is -0.257 e. The summed E-state index contributed by atoms with van der Waals surface area (Å²) < 4.78 is 0. The number of aryl methyl sites for hydroxylation is 2. The van der Waals surface area contributed by atoms with Gasteiger partial charge in [0.2, 0.25) is 0 Å². The summed E-state index contributed by atoms with van der Waals surface area (Å²) in [5.74, 6) is 0. The monoisotopic (exact) mass is 312 g/mol. The van der Waals surface area contributed by atoms with Crippen molar-refractivity contribution in [3.05, 3.63) is 70.7 Å². The molecule has 2 aliphatic carbocycles. The van der Waals surface area contributed by atoms with Gasteiger partial charge in [0.25, 0.3) is 0 Å². The Hall–Kier alpha value is -2.48. The number of hydrogen-bond donors (Lipinski definition) is 0. The van der Waals surface area contributed by atoms with Crippen molar-refractivity contribution in [2.45, 2.75) is 39.0 Å². The Morgan fingerprint density at radius 2 is 1.83 bits per heavy atom. The highest BCUT2D eigenvalue weighted by atomic mass is 14.7. The summed E-state index contributed by atoms with van der Waals surface area (Å²) in [5, 5.41) is 0. The van der Waals surface area contributed by atoms with Crippen molar-refractivity contribution in [1.82, 2.24) is 9.97 Å². The summed E-state index contributed by atoms with van der Waals surface area (Å²) in [5.41, 5.74) is 12.1. The lowest BCUT2D eigenvalue weighted by Gasteiger charge is -2.22. The average Bonchev–Trinajstić information content (AvgIpc) is 3.00. The smallest absolute Gasteiger partial charge is 0.0705 e. The van der Waals surface area contributed by atoms with Gasteiger partial charge in [0.15, 0.2) is 0 Å². The summed E-state index contributed by atoms with van der Waals surface area (Å²) in [6.45, 7) is 2.08. The lowest BCUT2D eigenvalue weighted by Crippen LogP contribution is -2.06. The first kappa shape index (κ1) is 13.9. The zero-order valence-electron chi connectivity index (χ0n) is 14.0. The van der Waals surface area contributed by atoms with Crippen molar-refractivity contribution >= 4 is 0 Å². The Labute approximate surface area is 142 Å². The molecule has 0 aliphatic heterocycles. The molecule has 2 aliphatic rings. The Balaban J connectivity index is 1.82. The van der Waals surface area contributed by atoms with Crippen LogP contribution in [0, 0.1) is 6.92 Å². The molecule has 118 valence electrons. The van der Waals surface area contributed by atoms with Crippen LogP contribution < -0.4 is 0 Å². The standard InChI is InChI=1S/C22H20N2/c1-14-9-10-17-21(24-14)13-19-18(20-8-4-5-11-23-20)12-15-6-2-3-7-16(15)22(17)19/h4-5,8-12H,2-3,6-7,13H2,1H3. The largest absolute Gasteiger partial charge is 0.257 e. The van der Waals surface area contributed by atoms with Gasteiger partial charge in [-0.3, -0.25) is 9.97 Å². The van der Waals surface area contributed by atoms with Gasteiger partial charge < -0.3 is 0 Å². The fraction of sp³-hybridized carbons (Fsp3) is 0.273. The summed E-state index contributed by atoms with van der Waals surface area (Å²) in [6.07, 6.45) is 7.82.